The van der Waals surface area contributed by atoms with E-state index in [2.05, 4.69) is 52.5 Å². The maximum absolute atomic E-state index is 13.0. The standard InChI is InChI=1S/C31H35N7O2.C30H33N7O2.C29H31N7O2/c32-30-28-29(22-14-16-26(17-15-22)40-25-11-2-1-3-12-25)36-38(31(28)35-21-34-30)24-10-7-19-37(20-24)27(39)13-6-18-33-23-8-4-5-9-23;31-29-27-28(21-12-14-25(15-13-21)39-24-9-2-1-3-10-24)35-37(30(27)34-20-33-29)23-16-18-36(19-23)26(38)11-6-17-32-22-7-4-5-8-22;1-34(21-11-12-21)16-5-8-25(37)35-17-15-22(18-35)36-29-26(28(30)31-19-32-29)27(33-36)20-9-13-24(14-10-20)38-23-6-3-2-4-7-23/h1-3,6,11-17,21,23-24,33H,4-5,7-10,18-20H2,(H2,32,34,35);1-3,6,9-15,20,22-23,32H,4-5,7-8,16-19H2,(H2,31,33,34);2-10,13-14,19,21-22H,11-12,15-18H2,1H3,(H2,30,31,32)/b13-6+;11-6+;8-5+/t24-;23-;22-/m111/s1. The van der Waals surface area contributed by atoms with Gasteiger partial charge in [-0.05, 0) is 180 Å². The summed E-state index contributed by atoms with van der Waals surface area (Å²) in [6.07, 6.45) is 31.4. The first-order valence-corrected chi connectivity index (χ1v) is 40.9. The molecule has 0 radical (unpaired) electrons. The molecule has 0 spiro atoms. The molecule has 117 heavy (non-hydrogen) atoms. The summed E-state index contributed by atoms with van der Waals surface area (Å²) in [7, 11) is 2.11. The minimum Gasteiger partial charge on any atom is -0.457 e. The molecule has 0 bridgehead atoms. The molecule has 3 amide bonds. The van der Waals surface area contributed by atoms with E-state index in [4.69, 9.17) is 46.7 Å². The number of likely N-dealkylation sites (N-methyl/N-ethyl adjacent to an activating group) is 1. The molecule has 18 rings (SSSR count). The van der Waals surface area contributed by atoms with E-state index in [0.29, 0.717) is 85.2 Å². The number of ether oxygens (including phenoxy) is 3. The Bertz CT molecular complexity index is 5470. The van der Waals surface area contributed by atoms with Gasteiger partial charge >= 0.3 is 0 Å². The molecule has 6 fully saturated rings. The predicted octanol–water partition coefficient (Wildman–Crippen LogP) is 14.1. The summed E-state index contributed by atoms with van der Waals surface area (Å²) in [5, 5.41) is 24.1. The number of fused-ring (bicyclic) bond motifs is 3. The minimum atomic E-state index is -0.00560. The van der Waals surface area contributed by atoms with Crippen LogP contribution in [0.3, 0.4) is 0 Å². The predicted molar refractivity (Wildman–Crippen MR) is 454 cm³/mol. The van der Waals surface area contributed by atoms with Crippen LogP contribution >= 0.6 is 0 Å². The zero-order chi connectivity index (χ0) is 80.0. The second-order valence-electron chi connectivity index (χ2n) is 30.8. The molecule has 6 aromatic carbocycles. The van der Waals surface area contributed by atoms with E-state index < -0.39 is 0 Å². The van der Waals surface area contributed by atoms with E-state index in [9.17, 15) is 14.4 Å². The van der Waals surface area contributed by atoms with Crippen molar-refractivity contribution in [2.75, 3.05) is 83.2 Å². The van der Waals surface area contributed by atoms with Gasteiger partial charge in [-0.15, -0.1) is 0 Å². The SMILES string of the molecule is CN(C/C=C/C(=O)N1CC[C@@H](n2nc(-c3ccc(Oc4ccccc4)cc3)c3c(N)ncnc32)C1)C1CC1.Nc1ncnc2c1c(-c1ccc(Oc3ccccc3)cc1)nn2[C@@H]1CCCN(C(=O)/C=C/CNC2CCCC2)C1.Nc1ncnc2c1c(-c1ccc(Oc3ccccc3)cc1)nn2[C@@H]1CCN(C(=O)/C=C/CNC2CCCC2)C1. The van der Waals surface area contributed by atoms with E-state index in [1.54, 1.807) is 18.2 Å². The molecule has 8 N–H and O–H groups in total. The number of nitrogen functional groups attached to an aromatic ring is 3. The molecular weight excluding hydrogens is 1470 g/mol. The van der Waals surface area contributed by atoms with Gasteiger partial charge in [0, 0.05) is 112 Å². The molecule has 9 heterocycles. The summed E-state index contributed by atoms with van der Waals surface area (Å²) in [5.41, 5.74) is 25.9. The van der Waals surface area contributed by atoms with E-state index in [1.807, 2.05) is 211 Å². The number of hydrogen-bond acceptors (Lipinski definition) is 21. The van der Waals surface area contributed by atoms with Crippen LogP contribution in [0.15, 0.2) is 219 Å². The fourth-order valence-corrected chi connectivity index (χ4v) is 16.3. The average Bonchev–Trinajstić information content (AvgIpc) is 1.62. The minimum absolute atomic E-state index is 0.00482. The van der Waals surface area contributed by atoms with Crippen LogP contribution in [-0.2, 0) is 14.4 Å². The van der Waals surface area contributed by atoms with Gasteiger partial charge in [-0.25, -0.2) is 43.9 Å². The summed E-state index contributed by atoms with van der Waals surface area (Å²) in [4.78, 5) is 73.0. The number of carbonyl (C=O) groups excluding carboxylic acids is 3. The van der Waals surface area contributed by atoms with Gasteiger partial charge in [-0.1, -0.05) is 98.5 Å². The van der Waals surface area contributed by atoms with Gasteiger partial charge in [-0.3, -0.25) is 19.3 Å². The third-order valence-electron chi connectivity index (χ3n) is 22.7. The van der Waals surface area contributed by atoms with Crippen molar-refractivity contribution in [3.05, 3.63) is 219 Å². The van der Waals surface area contributed by atoms with E-state index in [-0.39, 0.29) is 35.8 Å². The number of nitrogens with zero attached hydrogens (tertiary/aromatic N) is 16. The van der Waals surface area contributed by atoms with Crippen molar-refractivity contribution in [2.24, 2.45) is 0 Å². The number of benzene rings is 6. The van der Waals surface area contributed by atoms with Crippen molar-refractivity contribution < 1.29 is 28.6 Å². The van der Waals surface area contributed by atoms with Gasteiger partial charge in [0.15, 0.2) is 16.9 Å². The molecule has 12 aromatic rings. The highest BCUT2D eigenvalue weighted by atomic mass is 16.5. The van der Waals surface area contributed by atoms with Gasteiger partial charge in [0.05, 0.1) is 34.3 Å². The lowest BCUT2D eigenvalue weighted by atomic mass is 10.1. The Labute approximate surface area is 679 Å². The van der Waals surface area contributed by atoms with Gasteiger partial charge in [0.1, 0.15) is 88.0 Å². The molecule has 3 saturated heterocycles. The summed E-state index contributed by atoms with van der Waals surface area (Å²) < 4.78 is 23.6. The molecule has 27 heteroatoms. The van der Waals surface area contributed by atoms with Crippen molar-refractivity contribution in [1.29, 1.82) is 0 Å². The van der Waals surface area contributed by atoms with Crippen molar-refractivity contribution in [3.8, 4) is 68.3 Å². The highest BCUT2D eigenvalue weighted by Crippen LogP contribution is 2.40. The van der Waals surface area contributed by atoms with Crippen LogP contribution in [0.5, 0.6) is 34.5 Å². The largest absolute Gasteiger partial charge is 0.457 e. The fourth-order valence-electron chi connectivity index (χ4n) is 16.3. The van der Waals surface area contributed by atoms with Gasteiger partial charge in [0.2, 0.25) is 17.7 Å². The monoisotopic (exact) mass is 1570 g/mol. The summed E-state index contributed by atoms with van der Waals surface area (Å²) in [5.74, 6) is 5.79. The lowest BCUT2D eigenvalue weighted by molar-refractivity contribution is -0.128. The number of amides is 3. The maximum atomic E-state index is 13.0. The number of para-hydroxylation sites is 3. The summed E-state index contributed by atoms with van der Waals surface area (Å²) in [6, 6.07) is 54.1. The molecular formula is C90H99N21O6. The first kappa shape index (κ1) is 78.2. The number of likely N-dealkylation sites (tertiary alicyclic amines) is 3. The molecule has 6 aromatic heterocycles. The Balaban J connectivity index is 0.000000131. The average molecular weight is 1570 g/mol. The van der Waals surface area contributed by atoms with Crippen molar-refractivity contribution in [3.63, 3.8) is 0 Å². The van der Waals surface area contributed by atoms with Crippen molar-refractivity contribution in [2.45, 2.75) is 126 Å². The normalized spacial score (nSPS) is 17.9. The summed E-state index contributed by atoms with van der Waals surface area (Å²) in [6.45, 7) is 6.06. The highest BCUT2D eigenvalue weighted by Gasteiger charge is 2.34. The zero-order valence-electron chi connectivity index (χ0n) is 65.8. The van der Waals surface area contributed by atoms with Crippen LogP contribution in [0.4, 0.5) is 17.5 Å². The molecule has 3 atom stereocenters. The van der Waals surface area contributed by atoms with E-state index in [0.717, 1.165) is 136 Å². The van der Waals surface area contributed by atoms with Gasteiger partial charge in [0.25, 0.3) is 0 Å². The smallest absolute Gasteiger partial charge is 0.246 e. The Kier molecular flexibility index (Phi) is 24.6. The Hall–Kier alpha value is -12.7. The zero-order valence-corrected chi connectivity index (χ0v) is 65.8. The van der Waals surface area contributed by atoms with Gasteiger partial charge < -0.3 is 56.7 Å². The number of nitrogens with two attached hydrogens (primary N) is 3. The molecule has 3 aliphatic carbocycles. The number of anilines is 3. The second kappa shape index (κ2) is 36.8. The topological polar surface area (TPSA) is 325 Å². The third-order valence-corrected chi connectivity index (χ3v) is 22.7. The number of carbonyl (C=O) groups is 3. The van der Waals surface area contributed by atoms with Crippen LogP contribution in [0.25, 0.3) is 66.9 Å². The third kappa shape index (κ3) is 19.0. The molecule has 600 valence electrons. The van der Waals surface area contributed by atoms with Crippen LogP contribution in [0.2, 0.25) is 0 Å². The lowest BCUT2D eigenvalue weighted by Crippen LogP contribution is -2.40. The quantitative estimate of drug-likeness (QED) is 0.0351. The molecule has 0 unspecified atom stereocenters. The molecule has 6 aliphatic rings. The number of rotatable bonds is 24. The second-order valence-corrected chi connectivity index (χ2v) is 30.8. The Morgan fingerprint density at radius 3 is 1.07 bits per heavy atom. The van der Waals surface area contributed by atoms with E-state index in [1.165, 1.54) is 83.2 Å². The Morgan fingerprint density at radius 1 is 0.393 bits per heavy atom. The van der Waals surface area contributed by atoms with E-state index >= 15 is 0 Å². The number of hydrogen-bond donors (Lipinski definition) is 5. The number of aromatic nitrogens is 12. The number of nitrogens with one attached hydrogen (secondary N) is 2. The first-order valence-electron chi connectivity index (χ1n) is 40.9. The van der Waals surface area contributed by atoms with Crippen LogP contribution in [-0.4, -0.2) is 181 Å². The van der Waals surface area contributed by atoms with Crippen LogP contribution in [0, 0.1) is 0 Å². The molecule has 3 saturated carbocycles. The molecule has 27 nitrogen and oxygen atoms in total. The van der Waals surface area contributed by atoms with Crippen molar-refractivity contribution in [1.82, 2.24) is 89.5 Å². The van der Waals surface area contributed by atoms with Crippen LogP contribution in [0.1, 0.15) is 108 Å². The molecule has 3 aliphatic heterocycles. The lowest BCUT2D eigenvalue weighted by Gasteiger charge is -2.32. The Morgan fingerprint density at radius 2 is 0.718 bits per heavy atom. The summed E-state index contributed by atoms with van der Waals surface area (Å²) >= 11 is 0. The van der Waals surface area contributed by atoms with Gasteiger partial charge in [-0.2, -0.15) is 15.3 Å². The number of piperidine rings is 1. The maximum Gasteiger partial charge on any atom is 0.246 e. The first-order chi connectivity index (χ1) is 57.4. The highest BCUT2D eigenvalue weighted by molar-refractivity contribution is 6.00. The van der Waals surface area contributed by atoms with Crippen LogP contribution < -0.4 is 42.0 Å². The fraction of sp³-hybridized carbons (Fsp3) is 0.333. The van der Waals surface area contributed by atoms with Crippen molar-refractivity contribution >= 4 is 68.3 Å².